The second-order valence-corrected chi connectivity index (χ2v) is 5.01. The molecular weight excluding hydrogens is 254 g/mol. The third kappa shape index (κ3) is 3.23. The fourth-order valence-electron chi connectivity index (χ4n) is 1.89. The Morgan fingerprint density at radius 3 is 2.55 bits per heavy atom. The zero-order valence-electron chi connectivity index (χ0n) is 12.1. The van der Waals surface area contributed by atoms with Crippen molar-refractivity contribution in [1.29, 1.82) is 0 Å². The molecule has 0 saturated carbocycles. The largest absolute Gasteiger partial charge is 0.366 e. The summed E-state index contributed by atoms with van der Waals surface area (Å²) in [6.07, 6.45) is -0.321. The quantitative estimate of drug-likeness (QED) is 0.877. The molecule has 1 aromatic carbocycles. The second-order valence-electron chi connectivity index (χ2n) is 5.01. The highest BCUT2D eigenvalue weighted by Crippen LogP contribution is 2.25. The SMILES string of the molecule is CCOC(c1ccccc1)c1noc(C(N)C(C)C)n1. The van der Waals surface area contributed by atoms with Crippen LogP contribution in [0.2, 0.25) is 0 Å². The van der Waals surface area contributed by atoms with E-state index < -0.39 is 0 Å². The summed E-state index contributed by atoms with van der Waals surface area (Å²) in [6.45, 7) is 6.55. The van der Waals surface area contributed by atoms with Crippen molar-refractivity contribution in [3.63, 3.8) is 0 Å². The molecule has 2 atom stereocenters. The Labute approximate surface area is 119 Å². The second kappa shape index (κ2) is 6.63. The summed E-state index contributed by atoms with van der Waals surface area (Å²) in [6, 6.07) is 9.60. The monoisotopic (exact) mass is 275 g/mol. The zero-order valence-corrected chi connectivity index (χ0v) is 12.1. The summed E-state index contributed by atoms with van der Waals surface area (Å²) >= 11 is 0. The van der Waals surface area contributed by atoms with Crippen molar-refractivity contribution in [1.82, 2.24) is 10.1 Å². The summed E-state index contributed by atoms with van der Waals surface area (Å²) in [5.74, 6) is 1.21. The topological polar surface area (TPSA) is 74.2 Å². The minimum atomic E-state index is -0.321. The Bertz CT molecular complexity index is 525. The molecule has 108 valence electrons. The van der Waals surface area contributed by atoms with Crippen molar-refractivity contribution in [2.75, 3.05) is 6.61 Å². The minimum absolute atomic E-state index is 0.241. The summed E-state index contributed by atoms with van der Waals surface area (Å²) in [5.41, 5.74) is 7.03. The van der Waals surface area contributed by atoms with E-state index in [0.29, 0.717) is 18.3 Å². The van der Waals surface area contributed by atoms with Gasteiger partial charge in [0, 0.05) is 6.61 Å². The lowest BCUT2D eigenvalue weighted by Gasteiger charge is -2.13. The first-order chi connectivity index (χ1) is 9.63. The maximum Gasteiger partial charge on any atom is 0.243 e. The Hall–Kier alpha value is -1.72. The van der Waals surface area contributed by atoms with Gasteiger partial charge in [-0.15, -0.1) is 0 Å². The molecule has 0 fully saturated rings. The average Bonchev–Trinajstić information content (AvgIpc) is 2.94. The van der Waals surface area contributed by atoms with Crippen LogP contribution in [0.3, 0.4) is 0 Å². The number of hydrogen-bond acceptors (Lipinski definition) is 5. The lowest BCUT2D eigenvalue weighted by Crippen LogP contribution is -2.17. The van der Waals surface area contributed by atoms with Crippen LogP contribution in [-0.2, 0) is 4.74 Å². The summed E-state index contributed by atoms with van der Waals surface area (Å²) in [4.78, 5) is 4.40. The molecular formula is C15H21N3O2. The summed E-state index contributed by atoms with van der Waals surface area (Å²) in [5, 5.41) is 4.02. The van der Waals surface area contributed by atoms with Crippen LogP contribution >= 0.6 is 0 Å². The molecule has 2 N–H and O–H groups in total. The molecule has 2 unspecified atom stereocenters. The van der Waals surface area contributed by atoms with Crippen LogP contribution in [0.1, 0.15) is 50.2 Å². The van der Waals surface area contributed by atoms with Crippen LogP contribution in [-0.4, -0.2) is 16.7 Å². The molecule has 2 rings (SSSR count). The number of nitrogens with zero attached hydrogens (tertiary/aromatic N) is 2. The minimum Gasteiger partial charge on any atom is -0.366 e. The maximum atomic E-state index is 6.03. The van der Waals surface area contributed by atoms with E-state index in [2.05, 4.69) is 10.1 Å². The van der Waals surface area contributed by atoms with Crippen molar-refractivity contribution in [2.45, 2.75) is 32.9 Å². The third-order valence-corrected chi connectivity index (χ3v) is 3.13. The molecule has 0 aliphatic carbocycles. The van der Waals surface area contributed by atoms with E-state index in [1.54, 1.807) is 0 Å². The summed E-state index contributed by atoms with van der Waals surface area (Å²) in [7, 11) is 0. The Morgan fingerprint density at radius 2 is 1.95 bits per heavy atom. The van der Waals surface area contributed by atoms with E-state index in [4.69, 9.17) is 15.0 Å². The van der Waals surface area contributed by atoms with Gasteiger partial charge >= 0.3 is 0 Å². The molecule has 0 amide bonds. The number of ether oxygens (including phenoxy) is 1. The fraction of sp³-hybridized carbons (Fsp3) is 0.467. The predicted molar refractivity (Wildman–Crippen MR) is 76.0 cm³/mol. The van der Waals surface area contributed by atoms with Crippen molar-refractivity contribution < 1.29 is 9.26 Å². The number of rotatable bonds is 6. The molecule has 0 aliphatic heterocycles. The first-order valence-corrected chi connectivity index (χ1v) is 6.89. The van der Waals surface area contributed by atoms with Gasteiger partial charge in [-0.2, -0.15) is 4.98 Å². The van der Waals surface area contributed by atoms with E-state index >= 15 is 0 Å². The zero-order chi connectivity index (χ0) is 14.5. The van der Waals surface area contributed by atoms with Crippen molar-refractivity contribution in [2.24, 2.45) is 11.7 Å². The molecule has 1 heterocycles. The number of hydrogen-bond donors (Lipinski definition) is 1. The Balaban J connectivity index is 2.27. The molecule has 20 heavy (non-hydrogen) atoms. The van der Waals surface area contributed by atoms with Crippen LogP contribution in [0.5, 0.6) is 0 Å². The lowest BCUT2D eigenvalue weighted by atomic mass is 10.1. The van der Waals surface area contributed by atoms with Gasteiger partial charge < -0.3 is 15.0 Å². The summed E-state index contributed by atoms with van der Waals surface area (Å²) < 4.78 is 11.0. The van der Waals surface area contributed by atoms with Crippen molar-refractivity contribution >= 4 is 0 Å². The van der Waals surface area contributed by atoms with Gasteiger partial charge in [0.1, 0.15) is 6.10 Å². The first-order valence-electron chi connectivity index (χ1n) is 6.89. The molecule has 0 radical (unpaired) electrons. The highest BCUT2D eigenvalue weighted by molar-refractivity contribution is 5.22. The molecule has 2 aromatic rings. The molecule has 5 heteroatoms. The van der Waals surface area contributed by atoms with Gasteiger partial charge in [-0.3, -0.25) is 0 Å². The normalized spacial score (nSPS) is 14.4. The average molecular weight is 275 g/mol. The van der Waals surface area contributed by atoms with Gasteiger partial charge in [0.2, 0.25) is 11.7 Å². The number of aromatic nitrogens is 2. The molecule has 5 nitrogen and oxygen atoms in total. The van der Waals surface area contributed by atoms with Crippen molar-refractivity contribution in [3.05, 3.63) is 47.6 Å². The van der Waals surface area contributed by atoms with Crippen LogP contribution < -0.4 is 5.73 Å². The highest BCUT2D eigenvalue weighted by atomic mass is 16.5. The number of nitrogens with two attached hydrogens (primary N) is 1. The molecule has 0 aliphatic rings. The number of benzene rings is 1. The van der Waals surface area contributed by atoms with Crippen LogP contribution in [0.4, 0.5) is 0 Å². The molecule has 0 saturated heterocycles. The van der Waals surface area contributed by atoms with Gasteiger partial charge in [0.15, 0.2) is 0 Å². The van der Waals surface area contributed by atoms with Gasteiger partial charge in [-0.25, -0.2) is 0 Å². The molecule has 0 bridgehead atoms. The maximum absolute atomic E-state index is 6.03. The van der Waals surface area contributed by atoms with Crippen LogP contribution in [0.15, 0.2) is 34.9 Å². The van der Waals surface area contributed by atoms with Crippen molar-refractivity contribution in [3.8, 4) is 0 Å². The van der Waals surface area contributed by atoms with Crippen LogP contribution in [0.25, 0.3) is 0 Å². The van der Waals surface area contributed by atoms with Gasteiger partial charge in [-0.1, -0.05) is 49.3 Å². The lowest BCUT2D eigenvalue weighted by molar-refractivity contribution is 0.0833. The molecule has 1 aromatic heterocycles. The molecule has 0 spiro atoms. The van der Waals surface area contributed by atoms with E-state index in [0.717, 1.165) is 5.56 Å². The van der Waals surface area contributed by atoms with Gasteiger partial charge in [0.05, 0.1) is 6.04 Å². The third-order valence-electron chi connectivity index (χ3n) is 3.13. The van der Waals surface area contributed by atoms with E-state index in [9.17, 15) is 0 Å². The Morgan fingerprint density at radius 1 is 1.25 bits per heavy atom. The van der Waals surface area contributed by atoms with E-state index in [-0.39, 0.29) is 18.1 Å². The standard InChI is InChI=1S/C15H21N3O2/c1-4-19-13(11-8-6-5-7-9-11)14-17-15(20-18-14)12(16)10(2)3/h5-10,12-13H,4,16H2,1-3H3. The Kier molecular flexibility index (Phi) is 4.87. The predicted octanol–water partition coefficient (Wildman–Crippen LogP) is 2.85. The van der Waals surface area contributed by atoms with Gasteiger partial charge in [-0.05, 0) is 18.4 Å². The first kappa shape index (κ1) is 14.7. The van der Waals surface area contributed by atoms with Crippen LogP contribution in [0, 0.1) is 5.92 Å². The highest BCUT2D eigenvalue weighted by Gasteiger charge is 2.24. The van der Waals surface area contributed by atoms with E-state index in [1.165, 1.54) is 0 Å². The van der Waals surface area contributed by atoms with Gasteiger partial charge in [0.25, 0.3) is 0 Å². The van der Waals surface area contributed by atoms with E-state index in [1.807, 2.05) is 51.1 Å². The fourth-order valence-corrected chi connectivity index (χ4v) is 1.89. The smallest absolute Gasteiger partial charge is 0.243 e.